The fourth-order valence-corrected chi connectivity index (χ4v) is 5.26. The summed E-state index contributed by atoms with van der Waals surface area (Å²) in [5.74, 6) is 0.341. The summed E-state index contributed by atoms with van der Waals surface area (Å²) in [5, 5.41) is 0. The number of halogens is 1. The first-order valence-corrected chi connectivity index (χ1v) is 10.9. The minimum atomic E-state index is -3.52. The van der Waals surface area contributed by atoms with Gasteiger partial charge in [0.2, 0.25) is 15.9 Å². The minimum Gasteiger partial charge on any atom is -0.338 e. The summed E-state index contributed by atoms with van der Waals surface area (Å²) >= 11 is 0. The van der Waals surface area contributed by atoms with Gasteiger partial charge in [-0.15, -0.1) is 12.4 Å². The molecule has 8 heteroatoms. The number of hydrogen-bond donors (Lipinski definition) is 1. The smallest absolute Gasteiger partial charge is 0.243 e. The Hall–Kier alpha value is -1.15. The fourth-order valence-electron chi connectivity index (χ4n) is 3.84. The first-order valence-electron chi connectivity index (χ1n) is 9.42. The van der Waals surface area contributed by atoms with Crippen molar-refractivity contribution in [1.82, 2.24) is 9.21 Å². The highest BCUT2D eigenvalue weighted by Gasteiger charge is 2.41. The second-order valence-corrected chi connectivity index (χ2v) is 9.72. The molecule has 27 heavy (non-hydrogen) atoms. The standard InChI is InChI=1S/C19H29N3O3S.ClH/c1-15(2)16-5-7-17(8-6-16)26(24,25)22-13-11-21(12-14-22)18(23)19(20)9-3-4-10-19;/h5-8,15H,3-4,9-14,20H2,1-2H3;1H. The van der Waals surface area contributed by atoms with E-state index in [1.165, 1.54) is 4.31 Å². The van der Waals surface area contributed by atoms with Gasteiger partial charge in [-0.3, -0.25) is 4.79 Å². The molecule has 152 valence electrons. The van der Waals surface area contributed by atoms with Crippen molar-refractivity contribution in [2.75, 3.05) is 26.2 Å². The number of nitrogens with zero attached hydrogens (tertiary/aromatic N) is 2. The van der Waals surface area contributed by atoms with E-state index in [9.17, 15) is 13.2 Å². The van der Waals surface area contributed by atoms with Gasteiger partial charge in [0.15, 0.2) is 0 Å². The number of sulfonamides is 1. The van der Waals surface area contributed by atoms with Gasteiger partial charge in [-0.2, -0.15) is 4.31 Å². The number of hydrogen-bond acceptors (Lipinski definition) is 4. The molecule has 0 unspecified atom stereocenters. The number of benzene rings is 1. The molecule has 1 aromatic carbocycles. The second-order valence-electron chi connectivity index (χ2n) is 7.78. The third kappa shape index (κ3) is 4.47. The van der Waals surface area contributed by atoms with Crippen LogP contribution in [0.5, 0.6) is 0 Å². The van der Waals surface area contributed by atoms with Crippen molar-refractivity contribution < 1.29 is 13.2 Å². The Morgan fingerprint density at radius 2 is 1.56 bits per heavy atom. The van der Waals surface area contributed by atoms with Crippen LogP contribution >= 0.6 is 12.4 Å². The van der Waals surface area contributed by atoms with Crippen molar-refractivity contribution in [3.8, 4) is 0 Å². The number of nitrogens with two attached hydrogens (primary N) is 1. The number of carbonyl (C=O) groups is 1. The molecule has 2 fully saturated rings. The summed E-state index contributed by atoms with van der Waals surface area (Å²) in [6, 6.07) is 7.09. The highest BCUT2D eigenvalue weighted by molar-refractivity contribution is 7.89. The normalized spacial score (nSPS) is 20.5. The van der Waals surface area contributed by atoms with Crippen molar-refractivity contribution in [2.24, 2.45) is 5.73 Å². The summed E-state index contributed by atoms with van der Waals surface area (Å²) in [4.78, 5) is 14.7. The molecule has 0 bridgehead atoms. The Morgan fingerprint density at radius 3 is 2.04 bits per heavy atom. The van der Waals surface area contributed by atoms with Crippen LogP contribution in [0.15, 0.2) is 29.2 Å². The zero-order valence-corrected chi connectivity index (χ0v) is 17.7. The molecule has 1 amide bonds. The second kappa shape index (κ2) is 8.47. The number of rotatable bonds is 4. The van der Waals surface area contributed by atoms with E-state index in [4.69, 9.17) is 5.73 Å². The molecule has 6 nitrogen and oxygen atoms in total. The predicted octanol–water partition coefficient (Wildman–Crippen LogP) is 2.34. The quantitative estimate of drug-likeness (QED) is 0.817. The van der Waals surface area contributed by atoms with Crippen LogP contribution in [0.4, 0.5) is 0 Å². The predicted molar refractivity (Wildman–Crippen MR) is 109 cm³/mol. The van der Waals surface area contributed by atoms with Gasteiger partial charge in [-0.1, -0.05) is 38.8 Å². The average molecular weight is 416 g/mol. The van der Waals surface area contributed by atoms with E-state index in [-0.39, 0.29) is 18.3 Å². The maximum atomic E-state index is 12.9. The molecule has 2 aliphatic rings. The van der Waals surface area contributed by atoms with Crippen molar-refractivity contribution in [3.05, 3.63) is 29.8 Å². The van der Waals surface area contributed by atoms with Crippen LogP contribution in [0, 0.1) is 0 Å². The molecule has 1 aliphatic heterocycles. The highest BCUT2D eigenvalue weighted by atomic mass is 35.5. The van der Waals surface area contributed by atoms with Crippen molar-refractivity contribution in [1.29, 1.82) is 0 Å². The molecular formula is C19H30ClN3O3S. The van der Waals surface area contributed by atoms with Crippen LogP contribution in [0.1, 0.15) is 51.0 Å². The average Bonchev–Trinajstić information content (AvgIpc) is 3.09. The maximum absolute atomic E-state index is 12.9. The molecule has 1 aromatic rings. The molecule has 0 atom stereocenters. The van der Waals surface area contributed by atoms with Gasteiger partial charge in [0.05, 0.1) is 10.4 Å². The van der Waals surface area contributed by atoms with Crippen LogP contribution in [-0.2, 0) is 14.8 Å². The van der Waals surface area contributed by atoms with Crippen molar-refractivity contribution >= 4 is 28.3 Å². The van der Waals surface area contributed by atoms with E-state index in [2.05, 4.69) is 13.8 Å². The molecule has 1 saturated heterocycles. The summed E-state index contributed by atoms with van der Waals surface area (Å²) in [6.45, 7) is 5.59. The zero-order chi connectivity index (χ0) is 18.9. The van der Waals surface area contributed by atoms with Crippen molar-refractivity contribution in [3.63, 3.8) is 0 Å². The number of amides is 1. The highest BCUT2D eigenvalue weighted by Crippen LogP contribution is 2.30. The van der Waals surface area contributed by atoms with Gasteiger partial charge in [-0.05, 0) is 36.5 Å². The minimum absolute atomic E-state index is 0. The van der Waals surface area contributed by atoms with Gasteiger partial charge < -0.3 is 10.6 Å². The topological polar surface area (TPSA) is 83.7 Å². The van der Waals surface area contributed by atoms with E-state index in [1.54, 1.807) is 17.0 Å². The maximum Gasteiger partial charge on any atom is 0.243 e. The van der Waals surface area contributed by atoms with E-state index < -0.39 is 15.6 Å². The number of piperazine rings is 1. The Kier molecular flexibility index (Phi) is 6.95. The Morgan fingerprint density at radius 1 is 1.04 bits per heavy atom. The molecule has 0 radical (unpaired) electrons. The molecule has 1 heterocycles. The Balaban J connectivity index is 0.00000261. The summed E-state index contributed by atoms with van der Waals surface area (Å²) in [7, 11) is -3.52. The third-order valence-corrected chi connectivity index (χ3v) is 7.54. The van der Waals surface area contributed by atoms with E-state index in [1.807, 2.05) is 12.1 Å². The van der Waals surface area contributed by atoms with Crippen LogP contribution in [-0.4, -0.2) is 55.2 Å². The van der Waals surface area contributed by atoms with E-state index in [0.29, 0.717) is 37.0 Å². The van der Waals surface area contributed by atoms with Crippen LogP contribution in [0.3, 0.4) is 0 Å². The van der Waals surface area contributed by atoms with Gasteiger partial charge in [0.1, 0.15) is 0 Å². The van der Waals surface area contributed by atoms with Gasteiger partial charge in [0, 0.05) is 26.2 Å². The lowest BCUT2D eigenvalue weighted by atomic mass is 9.97. The molecule has 1 saturated carbocycles. The summed E-state index contributed by atoms with van der Waals surface area (Å²) in [6.07, 6.45) is 3.44. The fraction of sp³-hybridized carbons (Fsp3) is 0.632. The largest absolute Gasteiger partial charge is 0.338 e. The lowest BCUT2D eigenvalue weighted by molar-refractivity contribution is -0.138. The van der Waals surface area contributed by atoms with Gasteiger partial charge in [0.25, 0.3) is 0 Å². The van der Waals surface area contributed by atoms with E-state index in [0.717, 1.165) is 31.2 Å². The number of carbonyl (C=O) groups excluding carboxylic acids is 1. The molecule has 0 aromatic heterocycles. The van der Waals surface area contributed by atoms with Crippen molar-refractivity contribution in [2.45, 2.75) is 55.9 Å². The Bertz CT molecular complexity index is 751. The van der Waals surface area contributed by atoms with Crippen LogP contribution in [0.25, 0.3) is 0 Å². The lowest BCUT2D eigenvalue weighted by Gasteiger charge is -2.37. The SMILES string of the molecule is CC(C)c1ccc(S(=O)(=O)N2CCN(C(=O)C3(N)CCCC3)CC2)cc1.Cl. The summed E-state index contributed by atoms with van der Waals surface area (Å²) in [5.41, 5.74) is 6.63. The lowest BCUT2D eigenvalue weighted by Crippen LogP contribution is -2.59. The molecule has 0 spiro atoms. The first kappa shape index (κ1) is 22.1. The van der Waals surface area contributed by atoms with Gasteiger partial charge in [-0.25, -0.2) is 8.42 Å². The molecule has 1 aliphatic carbocycles. The monoisotopic (exact) mass is 415 g/mol. The molecule has 2 N–H and O–H groups in total. The Labute approximate surface area is 168 Å². The third-order valence-electron chi connectivity index (χ3n) is 5.63. The van der Waals surface area contributed by atoms with Gasteiger partial charge >= 0.3 is 0 Å². The first-order chi connectivity index (χ1) is 12.2. The molecule has 3 rings (SSSR count). The van der Waals surface area contributed by atoms with E-state index >= 15 is 0 Å². The van der Waals surface area contributed by atoms with Crippen LogP contribution < -0.4 is 5.73 Å². The summed E-state index contributed by atoms with van der Waals surface area (Å²) < 4.78 is 27.2. The van der Waals surface area contributed by atoms with Crippen LogP contribution in [0.2, 0.25) is 0 Å². The molecular weight excluding hydrogens is 386 g/mol. The zero-order valence-electron chi connectivity index (χ0n) is 16.1.